The summed E-state index contributed by atoms with van der Waals surface area (Å²) in [6.07, 6.45) is 0.211. The lowest BCUT2D eigenvalue weighted by Crippen LogP contribution is -2.11. The van der Waals surface area contributed by atoms with Crippen LogP contribution >= 0.6 is 0 Å². The van der Waals surface area contributed by atoms with Crippen molar-refractivity contribution < 1.29 is 12.6 Å². The zero-order valence-electron chi connectivity index (χ0n) is 6.49. The van der Waals surface area contributed by atoms with E-state index in [4.69, 9.17) is 0 Å². The third-order valence-electron chi connectivity index (χ3n) is 0.697. The Morgan fingerprint density at radius 1 is 1.50 bits per heavy atom. The van der Waals surface area contributed by atoms with Crippen molar-refractivity contribution in [3.63, 3.8) is 0 Å². The van der Waals surface area contributed by atoms with Crippen molar-refractivity contribution in [3.05, 3.63) is 5.75 Å². The van der Waals surface area contributed by atoms with Crippen LogP contribution in [0.1, 0.15) is 27.2 Å². The molecule has 10 heavy (non-hydrogen) atoms. The zero-order valence-corrected chi connectivity index (χ0v) is 7.31. The van der Waals surface area contributed by atoms with Crippen LogP contribution in [-0.2, 0) is 14.3 Å². The van der Waals surface area contributed by atoms with E-state index in [0.717, 1.165) is 5.75 Å². The molecule has 0 atom stereocenters. The zero-order chi connectivity index (χ0) is 8.20. The van der Waals surface area contributed by atoms with E-state index in [2.05, 4.69) is 4.18 Å². The average Bonchev–Trinajstić information content (AvgIpc) is 1.59. The van der Waals surface area contributed by atoms with Gasteiger partial charge in [-0.1, -0.05) is 6.92 Å². The molecule has 61 valence electrons. The molecule has 0 saturated carbocycles. The molecule has 0 heterocycles. The maximum absolute atomic E-state index is 10.8. The fourth-order valence-corrected chi connectivity index (χ4v) is 1.53. The second-order valence-corrected chi connectivity index (χ2v) is 3.72. The molecule has 0 aliphatic heterocycles. The summed E-state index contributed by atoms with van der Waals surface area (Å²) in [6, 6.07) is 0. The highest BCUT2D eigenvalue weighted by Crippen LogP contribution is 2.04. The largest absolute Gasteiger partial charge is 0.271 e. The summed E-state index contributed by atoms with van der Waals surface area (Å²) in [5.74, 6) is 1.16. The molecule has 0 N–H and O–H groups in total. The summed E-state index contributed by atoms with van der Waals surface area (Å²) in [6.45, 7) is 5.11. The van der Waals surface area contributed by atoms with Gasteiger partial charge in [0.2, 0.25) is 0 Å². The number of hydrogen-bond acceptors (Lipinski definition) is 3. The van der Waals surface area contributed by atoms with Gasteiger partial charge in [0.05, 0.1) is 6.10 Å². The molecule has 0 rings (SSSR count). The predicted molar refractivity (Wildman–Crippen MR) is 39.7 cm³/mol. The maximum Gasteiger partial charge on any atom is 0.271 e. The van der Waals surface area contributed by atoms with Crippen molar-refractivity contribution in [2.45, 2.75) is 33.3 Å². The maximum atomic E-state index is 10.8. The number of rotatable bonds is 4. The van der Waals surface area contributed by atoms with E-state index in [1.807, 2.05) is 0 Å². The van der Waals surface area contributed by atoms with Gasteiger partial charge in [0, 0.05) is 0 Å². The minimum atomic E-state index is -3.36. The molecular formula is C6H13O3S. The van der Waals surface area contributed by atoms with Crippen molar-refractivity contribution in [2.75, 3.05) is 0 Å². The van der Waals surface area contributed by atoms with Gasteiger partial charge in [-0.2, -0.15) is 8.42 Å². The Kier molecular flexibility index (Phi) is 3.89. The Hall–Kier alpha value is -0.0900. The van der Waals surface area contributed by atoms with Crippen LogP contribution in [0.4, 0.5) is 0 Å². The van der Waals surface area contributed by atoms with Gasteiger partial charge < -0.3 is 0 Å². The van der Waals surface area contributed by atoms with Crippen molar-refractivity contribution in [1.29, 1.82) is 0 Å². The minimum Gasteiger partial charge on any atom is -0.267 e. The first-order valence-corrected chi connectivity index (χ1v) is 4.71. The normalized spacial score (nSPS) is 12.4. The van der Waals surface area contributed by atoms with Gasteiger partial charge in [0.15, 0.2) is 0 Å². The van der Waals surface area contributed by atoms with E-state index >= 15 is 0 Å². The third kappa shape index (κ3) is 4.76. The molecule has 0 amide bonds. The molecule has 4 heteroatoms. The Morgan fingerprint density at radius 3 is 2.30 bits per heavy atom. The van der Waals surface area contributed by atoms with Crippen LogP contribution in [0.3, 0.4) is 0 Å². The Balaban J connectivity index is 3.89. The summed E-state index contributed by atoms with van der Waals surface area (Å²) in [5.41, 5.74) is 0. The van der Waals surface area contributed by atoms with Crippen LogP contribution in [0.5, 0.6) is 0 Å². The summed E-state index contributed by atoms with van der Waals surface area (Å²) < 4.78 is 26.1. The van der Waals surface area contributed by atoms with E-state index in [1.165, 1.54) is 0 Å². The van der Waals surface area contributed by atoms with Crippen LogP contribution in [0.2, 0.25) is 0 Å². The highest BCUT2D eigenvalue weighted by atomic mass is 32.2. The molecule has 0 unspecified atom stereocenters. The molecule has 0 aromatic rings. The molecular weight excluding hydrogens is 152 g/mol. The molecule has 0 aliphatic rings. The van der Waals surface area contributed by atoms with E-state index in [-0.39, 0.29) is 6.10 Å². The van der Waals surface area contributed by atoms with Crippen LogP contribution in [0, 0.1) is 5.75 Å². The molecule has 0 spiro atoms. The van der Waals surface area contributed by atoms with Gasteiger partial charge in [-0.3, -0.25) is 4.18 Å². The van der Waals surface area contributed by atoms with E-state index in [0.29, 0.717) is 6.42 Å². The minimum absolute atomic E-state index is 0.271. The first-order valence-electron chi connectivity index (χ1n) is 3.24. The Labute approximate surface area is 62.5 Å². The molecule has 1 radical (unpaired) electrons. The predicted octanol–water partition coefficient (Wildman–Crippen LogP) is 1.31. The lowest BCUT2D eigenvalue weighted by atomic mass is 10.5. The highest BCUT2D eigenvalue weighted by molar-refractivity contribution is 7.88. The van der Waals surface area contributed by atoms with E-state index in [9.17, 15) is 8.42 Å². The summed E-state index contributed by atoms with van der Waals surface area (Å²) in [5, 5.41) is 0. The molecule has 0 fully saturated rings. The van der Waals surface area contributed by atoms with Crippen molar-refractivity contribution >= 4 is 10.1 Å². The first kappa shape index (κ1) is 9.91. The SMILES string of the molecule is CC[CH]S(=O)(=O)OC(C)C. The fraction of sp³-hybridized carbons (Fsp3) is 0.833. The molecule has 0 aromatic heterocycles. The van der Waals surface area contributed by atoms with Crippen molar-refractivity contribution in [1.82, 2.24) is 0 Å². The van der Waals surface area contributed by atoms with Gasteiger partial charge in [-0.15, -0.1) is 0 Å². The standard InChI is InChI=1S/C6H13O3S/c1-4-5-10(7,8)9-6(2)3/h5-6H,4H2,1-3H3. The van der Waals surface area contributed by atoms with Gasteiger partial charge in [0.25, 0.3) is 10.1 Å². The Bertz CT molecular complexity index is 169. The molecule has 3 nitrogen and oxygen atoms in total. The van der Waals surface area contributed by atoms with Crippen LogP contribution < -0.4 is 0 Å². The Morgan fingerprint density at radius 2 is 2.00 bits per heavy atom. The lowest BCUT2D eigenvalue weighted by Gasteiger charge is -2.05. The fourth-order valence-electron chi connectivity index (χ4n) is 0.512. The molecule has 0 saturated heterocycles. The van der Waals surface area contributed by atoms with Gasteiger partial charge in [-0.05, 0) is 20.3 Å². The van der Waals surface area contributed by atoms with Crippen LogP contribution in [0.15, 0.2) is 0 Å². The van der Waals surface area contributed by atoms with E-state index in [1.54, 1.807) is 20.8 Å². The summed E-state index contributed by atoms with van der Waals surface area (Å²) in [7, 11) is -3.36. The van der Waals surface area contributed by atoms with Crippen molar-refractivity contribution in [2.24, 2.45) is 0 Å². The average molecular weight is 165 g/mol. The van der Waals surface area contributed by atoms with Gasteiger partial charge in [-0.25, -0.2) is 0 Å². The summed E-state index contributed by atoms with van der Waals surface area (Å²) >= 11 is 0. The topological polar surface area (TPSA) is 43.4 Å². The van der Waals surface area contributed by atoms with Crippen LogP contribution in [-0.4, -0.2) is 14.5 Å². The highest BCUT2D eigenvalue weighted by Gasteiger charge is 2.11. The smallest absolute Gasteiger partial charge is 0.267 e. The first-order chi connectivity index (χ1) is 4.48. The molecule has 0 aromatic carbocycles. The number of hydrogen-bond donors (Lipinski definition) is 0. The van der Waals surface area contributed by atoms with Gasteiger partial charge >= 0.3 is 0 Å². The monoisotopic (exact) mass is 165 g/mol. The molecule has 0 aliphatic carbocycles. The quantitative estimate of drug-likeness (QED) is 0.590. The summed E-state index contributed by atoms with van der Waals surface area (Å²) in [4.78, 5) is 0. The van der Waals surface area contributed by atoms with Gasteiger partial charge in [0.1, 0.15) is 5.75 Å². The lowest BCUT2D eigenvalue weighted by molar-refractivity contribution is 0.251. The van der Waals surface area contributed by atoms with Crippen LogP contribution in [0.25, 0.3) is 0 Å². The van der Waals surface area contributed by atoms with E-state index < -0.39 is 10.1 Å². The van der Waals surface area contributed by atoms with Crippen molar-refractivity contribution in [3.8, 4) is 0 Å². The molecule has 0 bridgehead atoms. The second kappa shape index (κ2) is 3.93. The third-order valence-corrected chi connectivity index (χ3v) is 2.09. The second-order valence-electron chi connectivity index (χ2n) is 2.21.